The van der Waals surface area contributed by atoms with Crippen LogP contribution in [0.2, 0.25) is 0 Å². The van der Waals surface area contributed by atoms with Gasteiger partial charge in [0.1, 0.15) is 22.9 Å². The van der Waals surface area contributed by atoms with Crippen molar-refractivity contribution >= 4 is 5.96 Å². The van der Waals surface area contributed by atoms with Crippen LogP contribution in [-0.4, -0.2) is 37.3 Å². The van der Waals surface area contributed by atoms with E-state index in [0.29, 0.717) is 37.2 Å². The number of guanidine groups is 1. The van der Waals surface area contributed by atoms with Gasteiger partial charge in [-0.3, -0.25) is 0 Å². The van der Waals surface area contributed by atoms with Crippen molar-refractivity contribution in [1.29, 1.82) is 0 Å². The normalized spacial score (nSPS) is 13.9. The van der Waals surface area contributed by atoms with Crippen LogP contribution in [0.4, 0.5) is 4.39 Å². The summed E-state index contributed by atoms with van der Waals surface area (Å²) in [6.45, 7) is 5.66. The number of rotatable bonds is 9. The van der Waals surface area contributed by atoms with Crippen LogP contribution in [0.15, 0.2) is 52.1 Å². The highest BCUT2D eigenvalue weighted by Crippen LogP contribution is 2.21. The number of aliphatic imine (C=N–C) groups is 1. The minimum Gasteiger partial charge on any atom is -0.494 e. The number of benzene rings is 1. The molecule has 3 N–H and O–H groups in total. The lowest BCUT2D eigenvalue weighted by Crippen LogP contribution is -2.39. The van der Waals surface area contributed by atoms with Gasteiger partial charge in [-0.1, -0.05) is 0 Å². The third-order valence-electron chi connectivity index (χ3n) is 3.64. The number of hydrogen-bond acceptors (Lipinski definition) is 4. The Balaban J connectivity index is 1.75. The topological polar surface area (TPSA) is 79.0 Å². The lowest BCUT2D eigenvalue weighted by molar-refractivity contribution is 0.0437. The van der Waals surface area contributed by atoms with E-state index in [1.54, 1.807) is 31.2 Å². The first kappa shape index (κ1) is 19.8. The molecule has 0 amide bonds. The summed E-state index contributed by atoms with van der Waals surface area (Å²) in [5.74, 6) is 1.45. The van der Waals surface area contributed by atoms with E-state index in [4.69, 9.17) is 9.15 Å². The van der Waals surface area contributed by atoms with Gasteiger partial charge < -0.3 is 24.9 Å². The highest BCUT2D eigenvalue weighted by Gasteiger charge is 2.25. The van der Waals surface area contributed by atoms with Crippen LogP contribution < -0.4 is 15.4 Å². The fraction of sp³-hybridized carbons (Fsp3) is 0.421. The quantitative estimate of drug-likeness (QED) is 0.363. The smallest absolute Gasteiger partial charge is 0.191 e. The molecule has 0 saturated carbocycles. The second-order valence-electron chi connectivity index (χ2n) is 6.03. The van der Waals surface area contributed by atoms with Gasteiger partial charge >= 0.3 is 0 Å². The fourth-order valence-corrected chi connectivity index (χ4v) is 2.24. The van der Waals surface area contributed by atoms with Gasteiger partial charge in [0.15, 0.2) is 5.96 Å². The van der Waals surface area contributed by atoms with E-state index in [0.717, 1.165) is 6.42 Å². The summed E-state index contributed by atoms with van der Waals surface area (Å²) < 4.78 is 23.6. The third kappa shape index (κ3) is 6.40. The van der Waals surface area contributed by atoms with Crippen LogP contribution in [0.1, 0.15) is 26.0 Å². The summed E-state index contributed by atoms with van der Waals surface area (Å²) in [6, 6.07) is 9.40. The summed E-state index contributed by atoms with van der Waals surface area (Å²) in [7, 11) is 0. The average molecular weight is 363 g/mol. The summed E-state index contributed by atoms with van der Waals surface area (Å²) >= 11 is 0. The maximum absolute atomic E-state index is 12.8. The molecule has 1 atom stereocenters. The second kappa shape index (κ2) is 9.82. The Morgan fingerprint density at radius 1 is 1.27 bits per heavy atom. The van der Waals surface area contributed by atoms with E-state index in [2.05, 4.69) is 15.6 Å². The Morgan fingerprint density at radius 2 is 2.04 bits per heavy atom. The Morgan fingerprint density at radius 3 is 2.69 bits per heavy atom. The molecule has 0 saturated heterocycles. The molecule has 2 rings (SSSR count). The number of furan rings is 1. The average Bonchev–Trinajstić information content (AvgIpc) is 3.16. The lowest BCUT2D eigenvalue weighted by Gasteiger charge is -2.19. The maximum Gasteiger partial charge on any atom is 0.191 e. The number of ether oxygens (including phenoxy) is 1. The Hall–Kier alpha value is -2.54. The molecule has 0 fully saturated rings. The Bertz CT molecular complexity index is 670. The van der Waals surface area contributed by atoms with E-state index in [1.165, 1.54) is 18.4 Å². The molecule has 26 heavy (non-hydrogen) atoms. The first-order valence-electron chi connectivity index (χ1n) is 8.68. The van der Waals surface area contributed by atoms with Crippen LogP contribution in [0.25, 0.3) is 0 Å². The minimum atomic E-state index is -1.17. The molecule has 6 nitrogen and oxygen atoms in total. The lowest BCUT2D eigenvalue weighted by atomic mass is 10.0. The molecule has 0 aliphatic heterocycles. The molecule has 0 aliphatic carbocycles. The number of aliphatic hydroxyl groups is 1. The fourth-order valence-electron chi connectivity index (χ4n) is 2.24. The number of nitrogens with zero attached hydrogens (tertiary/aromatic N) is 1. The van der Waals surface area contributed by atoms with Gasteiger partial charge in [0.25, 0.3) is 0 Å². The minimum absolute atomic E-state index is 0.169. The van der Waals surface area contributed by atoms with Crippen molar-refractivity contribution in [1.82, 2.24) is 10.6 Å². The van der Waals surface area contributed by atoms with E-state index < -0.39 is 5.60 Å². The van der Waals surface area contributed by atoms with Crippen molar-refractivity contribution < 1.29 is 18.7 Å². The van der Waals surface area contributed by atoms with Gasteiger partial charge in [-0.25, -0.2) is 9.38 Å². The number of halogens is 1. The Kier molecular flexibility index (Phi) is 7.47. The highest BCUT2D eigenvalue weighted by atomic mass is 19.1. The molecular formula is C19H26FN3O3. The van der Waals surface area contributed by atoms with Crippen molar-refractivity contribution in [2.24, 2.45) is 4.99 Å². The van der Waals surface area contributed by atoms with E-state index >= 15 is 0 Å². The SMILES string of the molecule is CCNC(=NCC(C)(O)c1ccco1)NCCCOc1ccc(F)cc1. The predicted octanol–water partition coefficient (Wildman–Crippen LogP) is 2.65. The zero-order valence-electron chi connectivity index (χ0n) is 15.2. The van der Waals surface area contributed by atoms with Crippen molar-refractivity contribution in [3.05, 3.63) is 54.2 Å². The van der Waals surface area contributed by atoms with Gasteiger partial charge in [0.05, 0.1) is 19.4 Å². The summed E-state index contributed by atoms with van der Waals surface area (Å²) in [5, 5.41) is 16.8. The molecule has 1 aromatic heterocycles. The monoisotopic (exact) mass is 363 g/mol. The highest BCUT2D eigenvalue weighted by molar-refractivity contribution is 5.79. The van der Waals surface area contributed by atoms with E-state index in [9.17, 15) is 9.50 Å². The van der Waals surface area contributed by atoms with Crippen LogP contribution >= 0.6 is 0 Å². The molecule has 0 spiro atoms. The summed E-state index contributed by atoms with van der Waals surface area (Å²) in [4.78, 5) is 4.41. The molecule has 1 unspecified atom stereocenters. The largest absolute Gasteiger partial charge is 0.494 e. The predicted molar refractivity (Wildman–Crippen MR) is 98.8 cm³/mol. The molecule has 1 aromatic carbocycles. The number of nitrogens with one attached hydrogen (secondary N) is 2. The molecule has 142 valence electrons. The third-order valence-corrected chi connectivity index (χ3v) is 3.64. The molecule has 7 heteroatoms. The van der Waals surface area contributed by atoms with Gasteiger partial charge in [0.2, 0.25) is 0 Å². The molecule has 0 aliphatic rings. The zero-order chi connectivity index (χ0) is 18.8. The van der Waals surface area contributed by atoms with Gasteiger partial charge in [-0.05, 0) is 56.7 Å². The molecule has 0 radical (unpaired) electrons. The number of hydrogen-bond donors (Lipinski definition) is 3. The van der Waals surface area contributed by atoms with Crippen LogP contribution in [0, 0.1) is 5.82 Å². The van der Waals surface area contributed by atoms with E-state index in [-0.39, 0.29) is 12.4 Å². The van der Waals surface area contributed by atoms with Crippen LogP contribution in [-0.2, 0) is 5.60 Å². The van der Waals surface area contributed by atoms with Gasteiger partial charge in [0, 0.05) is 13.1 Å². The van der Waals surface area contributed by atoms with Gasteiger partial charge in [-0.15, -0.1) is 0 Å². The zero-order valence-corrected chi connectivity index (χ0v) is 15.2. The summed E-state index contributed by atoms with van der Waals surface area (Å²) in [5.41, 5.74) is -1.17. The summed E-state index contributed by atoms with van der Waals surface area (Å²) in [6.07, 6.45) is 2.27. The van der Waals surface area contributed by atoms with Crippen LogP contribution in [0.3, 0.4) is 0 Å². The second-order valence-corrected chi connectivity index (χ2v) is 6.03. The first-order valence-corrected chi connectivity index (χ1v) is 8.68. The van der Waals surface area contributed by atoms with Crippen LogP contribution in [0.5, 0.6) is 5.75 Å². The van der Waals surface area contributed by atoms with Crippen molar-refractivity contribution in [2.75, 3.05) is 26.2 Å². The van der Waals surface area contributed by atoms with Crippen molar-refractivity contribution in [3.8, 4) is 5.75 Å². The van der Waals surface area contributed by atoms with Crippen molar-refractivity contribution in [3.63, 3.8) is 0 Å². The standard InChI is InChI=1S/C19H26FN3O3/c1-3-21-18(23-14-19(2,24)17-6-4-12-26-17)22-11-5-13-25-16-9-7-15(20)8-10-16/h4,6-10,12,24H,3,5,11,13-14H2,1-2H3,(H2,21,22,23). The molecular weight excluding hydrogens is 337 g/mol. The van der Waals surface area contributed by atoms with Crippen molar-refractivity contribution in [2.45, 2.75) is 25.9 Å². The maximum atomic E-state index is 12.8. The molecule has 0 bridgehead atoms. The molecule has 1 heterocycles. The Labute approximate surface area is 153 Å². The van der Waals surface area contributed by atoms with E-state index in [1.807, 2.05) is 6.92 Å². The first-order chi connectivity index (χ1) is 12.5. The molecule has 2 aromatic rings. The van der Waals surface area contributed by atoms with Gasteiger partial charge in [-0.2, -0.15) is 0 Å².